The molecule has 6 heteroatoms. The summed E-state index contributed by atoms with van der Waals surface area (Å²) in [5.74, 6) is 2.11. The lowest BCUT2D eigenvalue weighted by Crippen LogP contribution is -2.55. The average Bonchev–Trinajstić information content (AvgIpc) is 3.36. The van der Waals surface area contributed by atoms with Gasteiger partial charge in [0.15, 0.2) is 6.10 Å². The molecule has 0 radical (unpaired) electrons. The largest absolute Gasteiger partial charge is 0.476 e. The van der Waals surface area contributed by atoms with Crippen molar-refractivity contribution in [2.75, 3.05) is 37.7 Å². The van der Waals surface area contributed by atoms with Gasteiger partial charge < -0.3 is 19.3 Å². The Hall–Kier alpha value is -2.08. The molecule has 5 rings (SSSR count). The van der Waals surface area contributed by atoms with Crippen molar-refractivity contribution in [3.05, 3.63) is 24.3 Å². The zero-order valence-electron chi connectivity index (χ0n) is 15.5. The van der Waals surface area contributed by atoms with Crippen molar-refractivity contribution >= 4 is 17.5 Å². The van der Waals surface area contributed by atoms with Crippen molar-refractivity contribution in [1.29, 1.82) is 0 Å². The molecule has 0 unspecified atom stereocenters. The summed E-state index contributed by atoms with van der Waals surface area (Å²) >= 11 is 0. The molecule has 2 bridgehead atoms. The number of ether oxygens (including phenoxy) is 2. The van der Waals surface area contributed by atoms with Crippen LogP contribution in [0.25, 0.3) is 0 Å². The van der Waals surface area contributed by atoms with Crippen molar-refractivity contribution in [2.24, 2.45) is 17.8 Å². The standard InChI is InChI=1S/C21H26N2O4/c24-20(16-12-14-5-6-15(16)11-14)23-13-19(21(25)22-7-9-26-10-8-22)27-18-4-2-1-3-17(18)23/h1-4,14-16,19H,5-13H2/t14-,15-,16-,19+/m0/s1. The summed E-state index contributed by atoms with van der Waals surface area (Å²) in [6.45, 7) is 2.59. The Balaban J connectivity index is 1.40. The zero-order valence-corrected chi connectivity index (χ0v) is 15.5. The lowest BCUT2D eigenvalue weighted by Gasteiger charge is -2.39. The molecule has 4 aliphatic rings. The summed E-state index contributed by atoms with van der Waals surface area (Å²) in [5, 5.41) is 0. The van der Waals surface area contributed by atoms with Crippen LogP contribution in [0.4, 0.5) is 5.69 Å². The van der Waals surface area contributed by atoms with Crippen LogP contribution in [-0.2, 0) is 14.3 Å². The summed E-state index contributed by atoms with van der Waals surface area (Å²) in [6.07, 6.45) is 4.00. The smallest absolute Gasteiger partial charge is 0.265 e. The quantitative estimate of drug-likeness (QED) is 0.800. The van der Waals surface area contributed by atoms with Gasteiger partial charge >= 0.3 is 0 Å². The first-order valence-corrected chi connectivity index (χ1v) is 10.1. The highest BCUT2D eigenvalue weighted by Gasteiger charge is 2.46. The van der Waals surface area contributed by atoms with Crippen LogP contribution in [0.15, 0.2) is 24.3 Å². The van der Waals surface area contributed by atoms with Crippen LogP contribution in [-0.4, -0.2) is 55.7 Å². The highest BCUT2D eigenvalue weighted by molar-refractivity contribution is 5.99. The number of amides is 2. The second kappa shape index (κ2) is 6.82. The molecule has 1 aromatic rings. The van der Waals surface area contributed by atoms with Gasteiger partial charge in [-0.3, -0.25) is 9.59 Å². The normalized spacial score (nSPS) is 32.1. The minimum atomic E-state index is -0.638. The van der Waals surface area contributed by atoms with Gasteiger partial charge in [0.05, 0.1) is 25.4 Å². The van der Waals surface area contributed by atoms with E-state index in [9.17, 15) is 9.59 Å². The molecule has 2 amide bonds. The average molecular weight is 370 g/mol. The van der Waals surface area contributed by atoms with Gasteiger partial charge in [-0.1, -0.05) is 18.6 Å². The van der Waals surface area contributed by atoms with E-state index in [0.29, 0.717) is 50.4 Å². The molecule has 144 valence electrons. The molecule has 1 aromatic carbocycles. The van der Waals surface area contributed by atoms with Gasteiger partial charge in [0.2, 0.25) is 5.91 Å². The fraction of sp³-hybridized carbons (Fsp3) is 0.619. The molecule has 4 atom stereocenters. The number of hydrogen-bond acceptors (Lipinski definition) is 4. The molecule has 27 heavy (non-hydrogen) atoms. The third kappa shape index (κ3) is 3.00. The van der Waals surface area contributed by atoms with Crippen molar-refractivity contribution in [2.45, 2.75) is 31.8 Å². The Bertz CT molecular complexity index is 745. The molecule has 2 aliphatic heterocycles. The van der Waals surface area contributed by atoms with E-state index in [0.717, 1.165) is 12.1 Å². The Morgan fingerprint density at radius 2 is 1.81 bits per heavy atom. The molecule has 2 saturated carbocycles. The number of carbonyl (C=O) groups is 2. The number of carbonyl (C=O) groups excluding carboxylic acids is 2. The monoisotopic (exact) mass is 370 g/mol. The molecule has 0 N–H and O–H groups in total. The number of morpholine rings is 1. The van der Waals surface area contributed by atoms with Crippen LogP contribution in [0.5, 0.6) is 5.75 Å². The topological polar surface area (TPSA) is 59.1 Å². The minimum Gasteiger partial charge on any atom is -0.476 e. The van der Waals surface area contributed by atoms with Crippen LogP contribution >= 0.6 is 0 Å². The number of anilines is 1. The Kier molecular flexibility index (Phi) is 4.31. The number of benzene rings is 1. The van der Waals surface area contributed by atoms with Crippen molar-refractivity contribution in [3.63, 3.8) is 0 Å². The van der Waals surface area contributed by atoms with Crippen LogP contribution in [0.3, 0.4) is 0 Å². The first-order chi connectivity index (χ1) is 13.2. The van der Waals surface area contributed by atoms with Crippen LogP contribution < -0.4 is 9.64 Å². The van der Waals surface area contributed by atoms with Gasteiger partial charge in [-0.2, -0.15) is 0 Å². The van der Waals surface area contributed by atoms with Crippen LogP contribution in [0.1, 0.15) is 25.7 Å². The fourth-order valence-corrected chi connectivity index (χ4v) is 5.31. The number of para-hydroxylation sites is 2. The Morgan fingerprint density at radius 1 is 1.00 bits per heavy atom. The summed E-state index contributed by atoms with van der Waals surface area (Å²) in [6, 6.07) is 7.60. The molecule has 2 aliphatic carbocycles. The maximum absolute atomic E-state index is 13.4. The minimum absolute atomic E-state index is 0.0430. The van der Waals surface area contributed by atoms with Crippen LogP contribution in [0.2, 0.25) is 0 Å². The van der Waals surface area contributed by atoms with Gasteiger partial charge in [-0.15, -0.1) is 0 Å². The molecule has 0 aromatic heterocycles. The highest BCUT2D eigenvalue weighted by atomic mass is 16.5. The SMILES string of the molecule is O=C([C@H]1CN(C(=O)[C@H]2C[C@H]3CC[C@H]2C3)c2ccccc2O1)N1CCOCC1. The first-order valence-electron chi connectivity index (χ1n) is 10.1. The van der Waals surface area contributed by atoms with Gasteiger partial charge in [0.1, 0.15) is 5.75 Å². The maximum Gasteiger partial charge on any atom is 0.265 e. The molecular formula is C21H26N2O4. The third-order valence-electron chi connectivity index (χ3n) is 6.69. The van der Waals surface area contributed by atoms with Crippen molar-refractivity contribution < 1.29 is 19.1 Å². The van der Waals surface area contributed by atoms with E-state index in [1.165, 1.54) is 19.3 Å². The van der Waals surface area contributed by atoms with E-state index >= 15 is 0 Å². The molecule has 6 nitrogen and oxygen atoms in total. The predicted molar refractivity (Wildman–Crippen MR) is 99.5 cm³/mol. The molecule has 2 heterocycles. The van der Waals surface area contributed by atoms with Gasteiger partial charge in [0, 0.05) is 19.0 Å². The second-order valence-corrected chi connectivity index (χ2v) is 8.24. The molecule has 3 fully saturated rings. The zero-order chi connectivity index (χ0) is 18.4. The number of fused-ring (bicyclic) bond motifs is 3. The lowest BCUT2D eigenvalue weighted by molar-refractivity contribution is -0.143. The van der Waals surface area contributed by atoms with E-state index in [-0.39, 0.29) is 17.7 Å². The predicted octanol–water partition coefficient (Wildman–Crippen LogP) is 2.08. The highest BCUT2D eigenvalue weighted by Crippen LogP contribution is 2.49. The van der Waals surface area contributed by atoms with E-state index in [1.807, 2.05) is 29.2 Å². The van der Waals surface area contributed by atoms with Crippen molar-refractivity contribution in [3.8, 4) is 5.75 Å². The molecular weight excluding hydrogens is 344 g/mol. The Morgan fingerprint density at radius 3 is 2.56 bits per heavy atom. The van der Waals surface area contributed by atoms with Gasteiger partial charge in [-0.25, -0.2) is 0 Å². The van der Waals surface area contributed by atoms with Crippen molar-refractivity contribution in [1.82, 2.24) is 4.90 Å². The first kappa shape index (κ1) is 17.0. The number of hydrogen-bond donors (Lipinski definition) is 0. The maximum atomic E-state index is 13.4. The van der Waals surface area contributed by atoms with E-state index in [1.54, 1.807) is 4.90 Å². The van der Waals surface area contributed by atoms with E-state index < -0.39 is 6.10 Å². The van der Waals surface area contributed by atoms with Gasteiger partial charge in [0.25, 0.3) is 5.91 Å². The van der Waals surface area contributed by atoms with E-state index in [4.69, 9.17) is 9.47 Å². The second-order valence-electron chi connectivity index (χ2n) is 8.24. The lowest BCUT2D eigenvalue weighted by atomic mass is 9.87. The summed E-state index contributed by atoms with van der Waals surface area (Å²) in [4.78, 5) is 30.0. The fourth-order valence-electron chi connectivity index (χ4n) is 5.31. The van der Waals surface area contributed by atoms with Crippen LogP contribution in [0, 0.1) is 17.8 Å². The number of nitrogens with zero attached hydrogens (tertiary/aromatic N) is 2. The molecule has 1 saturated heterocycles. The summed E-state index contributed by atoms with van der Waals surface area (Å²) < 4.78 is 11.4. The summed E-state index contributed by atoms with van der Waals surface area (Å²) in [5.41, 5.74) is 0.802. The van der Waals surface area contributed by atoms with E-state index in [2.05, 4.69) is 0 Å². The molecule has 0 spiro atoms. The number of rotatable bonds is 2. The third-order valence-corrected chi connectivity index (χ3v) is 6.69. The Labute approximate surface area is 159 Å². The summed E-state index contributed by atoms with van der Waals surface area (Å²) in [7, 11) is 0. The van der Waals surface area contributed by atoms with Gasteiger partial charge in [-0.05, 0) is 43.2 Å².